The lowest BCUT2D eigenvalue weighted by Crippen LogP contribution is -2.61. The van der Waals surface area contributed by atoms with E-state index < -0.39 is 114 Å². The zero-order valence-corrected chi connectivity index (χ0v) is 41.6. The fourth-order valence-electron chi connectivity index (χ4n) is 7.92. The second-order valence-electron chi connectivity index (χ2n) is 17.8. The van der Waals surface area contributed by atoms with Crippen LogP contribution in [-0.4, -0.2) is 143 Å². The highest BCUT2D eigenvalue weighted by Gasteiger charge is 2.40. The number of phenols is 1. The Kier molecular flexibility index (Phi) is 23.4. The topological polar surface area (TPSA) is 356 Å². The van der Waals surface area contributed by atoms with Crippen molar-refractivity contribution >= 4 is 80.7 Å². The number of amides is 10. The Morgan fingerprint density at radius 1 is 0.761 bits per heavy atom. The van der Waals surface area contributed by atoms with Crippen molar-refractivity contribution in [1.29, 1.82) is 0 Å². The van der Waals surface area contributed by atoms with Crippen molar-refractivity contribution in [3.63, 3.8) is 0 Å². The number of nitrogens with two attached hydrogens (primary N) is 3. The number of hydrogen-bond acceptors (Lipinski definition) is 14. The summed E-state index contributed by atoms with van der Waals surface area (Å²) in [5.41, 5.74) is 17.7. The fourth-order valence-corrected chi connectivity index (χ4v) is 10.1. The number of carbonyl (C=O) groups is 10. The molecule has 0 aliphatic carbocycles. The smallest absolute Gasteiger partial charge is 0.246 e. The van der Waals surface area contributed by atoms with Crippen molar-refractivity contribution in [2.24, 2.45) is 23.1 Å². The number of nitrogens with one attached hydrogen (secondary N) is 7. The molecule has 0 spiro atoms. The molecule has 2 saturated heterocycles. The Morgan fingerprint density at radius 2 is 1.37 bits per heavy atom. The summed E-state index contributed by atoms with van der Waals surface area (Å²) in [5, 5.41) is 28.4. The van der Waals surface area contributed by atoms with Gasteiger partial charge in [-0.2, -0.15) is 0 Å². The number of phenolic OH excluding ortho intramolecular Hbond substituents is 1. The van der Waals surface area contributed by atoms with Gasteiger partial charge in [-0.15, -0.1) is 0 Å². The van der Waals surface area contributed by atoms with Crippen LogP contribution in [0.3, 0.4) is 0 Å². The third kappa shape index (κ3) is 19.4. The minimum atomic E-state index is -1.64. The van der Waals surface area contributed by atoms with Crippen LogP contribution in [0.1, 0.15) is 76.3 Å². The number of rotatable bonds is 18. The first-order chi connectivity index (χ1) is 33.8. The van der Waals surface area contributed by atoms with E-state index in [1.165, 1.54) is 27.8 Å². The largest absolute Gasteiger partial charge is 0.508 e. The third-order valence-corrected chi connectivity index (χ3v) is 13.9. The molecular weight excluding hydrogens is 959 g/mol. The van der Waals surface area contributed by atoms with Crippen molar-refractivity contribution < 1.29 is 53.1 Å². The molecule has 10 amide bonds. The summed E-state index contributed by atoms with van der Waals surface area (Å²) >= 11 is 0. The predicted octanol–water partition coefficient (Wildman–Crippen LogP) is -1.49. The third-order valence-electron chi connectivity index (χ3n) is 11.5. The van der Waals surface area contributed by atoms with Crippen molar-refractivity contribution in [3.05, 3.63) is 65.7 Å². The molecule has 2 aromatic rings. The summed E-state index contributed by atoms with van der Waals surface area (Å²) in [6.45, 7) is 3.55. The van der Waals surface area contributed by atoms with Gasteiger partial charge in [0.1, 0.15) is 48.0 Å². The van der Waals surface area contributed by atoms with Gasteiger partial charge in [-0.3, -0.25) is 47.9 Å². The number of unbranched alkanes of at least 4 members (excludes halogenated alkanes) is 1. The van der Waals surface area contributed by atoms with Crippen molar-refractivity contribution in [2.75, 3.05) is 31.1 Å². The van der Waals surface area contributed by atoms with Gasteiger partial charge in [0.2, 0.25) is 59.1 Å². The number of primary amides is 2. The monoisotopic (exact) mass is 1030 g/mol. The Hall–Kier alpha value is -6.40. The first-order valence-corrected chi connectivity index (χ1v) is 26.1. The molecule has 2 aliphatic heterocycles. The molecule has 2 fully saturated rings. The molecular formula is C47H67N11O11S2. The van der Waals surface area contributed by atoms with Crippen LogP contribution >= 0.6 is 21.6 Å². The highest BCUT2D eigenvalue weighted by Crippen LogP contribution is 2.26. The van der Waals surface area contributed by atoms with E-state index in [4.69, 9.17) is 17.2 Å². The zero-order valence-electron chi connectivity index (χ0n) is 39.9. The van der Waals surface area contributed by atoms with E-state index in [2.05, 4.69) is 37.2 Å². The molecule has 388 valence electrons. The summed E-state index contributed by atoms with van der Waals surface area (Å²) < 4.78 is 0. The second kappa shape index (κ2) is 29.1. The van der Waals surface area contributed by atoms with Gasteiger partial charge in [0, 0.05) is 37.3 Å². The number of likely N-dealkylation sites (tertiary alicyclic amines) is 1. The van der Waals surface area contributed by atoms with Crippen LogP contribution in [0.2, 0.25) is 0 Å². The van der Waals surface area contributed by atoms with E-state index in [0.717, 1.165) is 10.8 Å². The van der Waals surface area contributed by atoms with Crippen LogP contribution in [0, 0.1) is 5.92 Å². The molecule has 2 aromatic carbocycles. The summed E-state index contributed by atoms with van der Waals surface area (Å²) in [6, 6.07) is 5.88. The molecule has 24 heteroatoms. The lowest BCUT2D eigenvalue weighted by Gasteiger charge is -2.31. The fraction of sp³-hybridized carbons (Fsp3) is 0.532. The highest BCUT2D eigenvalue weighted by atomic mass is 33.1. The van der Waals surface area contributed by atoms with Crippen LogP contribution in [0.25, 0.3) is 0 Å². The number of benzene rings is 2. The molecule has 2 aliphatic rings. The summed E-state index contributed by atoms with van der Waals surface area (Å²) in [5.74, 6) is -7.77. The minimum absolute atomic E-state index is 0.00810. The molecule has 0 saturated carbocycles. The molecule has 0 bridgehead atoms. The summed E-state index contributed by atoms with van der Waals surface area (Å²) in [6.07, 6.45) is 0.962. The van der Waals surface area contributed by atoms with Gasteiger partial charge in [-0.1, -0.05) is 77.9 Å². The van der Waals surface area contributed by atoms with Crippen molar-refractivity contribution in [2.45, 2.75) is 120 Å². The van der Waals surface area contributed by atoms with E-state index in [-0.39, 0.29) is 68.2 Å². The number of carbonyl (C=O) groups excluding carboxylic acids is 10. The van der Waals surface area contributed by atoms with Crippen LogP contribution < -0.4 is 54.4 Å². The van der Waals surface area contributed by atoms with E-state index in [1.54, 1.807) is 56.3 Å². The maximum absolute atomic E-state index is 14.5. The first kappa shape index (κ1) is 57.2. The average molecular weight is 1030 g/mol. The second-order valence-corrected chi connectivity index (χ2v) is 20.4. The molecule has 71 heavy (non-hydrogen) atoms. The van der Waals surface area contributed by atoms with Crippen molar-refractivity contribution in [1.82, 2.24) is 42.1 Å². The summed E-state index contributed by atoms with van der Waals surface area (Å²) in [4.78, 5) is 137. The Balaban J connectivity index is 1.67. The van der Waals surface area contributed by atoms with Crippen LogP contribution in [0.15, 0.2) is 54.6 Å². The van der Waals surface area contributed by atoms with Gasteiger partial charge in [-0.05, 0) is 74.2 Å². The van der Waals surface area contributed by atoms with E-state index in [1.807, 2.05) is 0 Å². The maximum Gasteiger partial charge on any atom is 0.246 e. The quantitative estimate of drug-likeness (QED) is 0.0599. The highest BCUT2D eigenvalue weighted by molar-refractivity contribution is 8.76. The van der Waals surface area contributed by atoms with Gasteiger partial charge in [0.25, 0.3) is 0 Å². The molecule has 3 unspecified atom stereocenters. The molecule has 14 N–H and O–H groups in total. The van der Waals surface area contributed by atoms with E-state index in [0.29, 0.717) is 36.9 Å². The number of hydrogen-bond donors (Lipinski definition) is 11. The van der Waals surface area contributed by atoms with E-state index in [9.17, 15) is 53.1 Å². The number of nitrogens with zero attached hydrogens (tertiary/aromatic N) is 1. The van der Waals surface area contributed by atoms with Gasteiger partial charge < -0.3 is 64.4 Å². The lowest BCUT2D eigenvalue weighted by atomic mass is 9.99. The van der Waals surface area contributed by atoms with Gasteiger partial charge in [0.15, 0.2) is 0 Å². The molecule has 7 atom stereocenters. The SMILES string of the molecule is CC(C)CC1NC(=O)C(Cc2ccccc2)NC(=O)[C@H](Cc2ccc(O)cc2)NC(=O)CCSSCC(C(=O)N2CCC[C@H]2C(=O)N[C@@H](CCCCN)C(=O)NCC(N)=O)NC(=O)[C@H](CC(N)=O)NC1=O. The maximum atomic E-state index is 14.5. The predicted molar refractivity (Wildman–Crippen MR) is 266 cm³/mol. The lowest BCUT2D eigenvalue weighted by molar-refractivity contribution is -0.142. The Bertz CT molecular complexity index is 2190. The van der Waals surface area contributed by atoms with Gasteiger partial charge in [-0.25, -0.2) is 0 Å². The minimum Gasteiger partial charge on any atom is -0.508 e. The normalized spacial score (nSPS) is 22.4. The van der Waals surface area contributed by atoms with Crippen molar-refractivity contribution in [3.8, 4) is 5.75 Å². The number of aromatic hydroxyl groups is 1. The van der Waals surface area contributed by atoms with Gasteiger partial charge >= 0.3 is 0 Å². The van der Waals surface area contributed by atoms with Crippen LogP contribution in [-0.2, 0) is 60.8 Å². The Labute approximate surface area is 420 Å². The van der Waals surface area contributed by atoms with Gasteiger partial charge in [0.05, 0.1) is 13.0 Å². The van der Waals surface area contributed by atoms with Crippen LogP contribution in [0.5, 0.6) is 5.75 Å². The van der Waals surface area contributed by atoms with Crippen LogP contribution in [0.4, 0.5) is 0 Å². The molecule has 2 heterocycles. The Morgan fingerprint density at radius 3 is 2.00 bits per heavy atom. The molecule has 0 aromatic heterocycles. The standard InChI is InChI=1S/C47H67N11O11S2/c1-27(2)21-32-42(64)56-35(24-38(49)60)45(67)57-36(47(69)58-19-8-12-37(58)46(68)53-31(11-6-7-18-48)41(63)51-25-39(50)61)26-71-70-20-17-40(62)52-33(23-29-13-15-30(59)16-14-29)43(65)55-34(44(66)54-32)22-28-9-4-3-5-10-28/h3-5,9-10,13-16,27,31-37,59H,6-8,11-12,17-26,48H2,1-2H3,(H2,49,60)(H2,50,61)(H,51,63)(H,52,62)(H,53,68)(H,54,66)(H,55,65)(H,56,64)(H,57,67)/t31-,32?,33-,34?,35-,36?,37-/m0/s1. The van der Waals surface area contributed by atoms with E-state index >= 15 is 0 Å². The molecule has 0 radical (unpaired) electrons. The average Bonchev–Trinajstić information content (AvgIpc) is 3.82. The molecule has 22 nitrogen and oxygen atoms in total. The first-order valence-electron chi connectivity index (χ1n) is 23.6. The summed E-state index contributed by atoms with van der Waals surface area (Å²) in [7, 11) is 2.29. The zero-order chi connectivity index (χ0) is 52.0. The molecule has 4 rings (SSSR count).